The zero-order valence-electron chi connectivity index (χ0n) is 16.0. The Morgan fingerprint density at radius 2 is 2.15 bits per heavy atom. The Hall–Kier alpha value is -2.41. The number of amides is 1. The first-order valence-electron chi connectivity index (χ1n) is 9.22. The molecule has 3 rings (SSSR count). The van der Waals surface area contributed by atoms with Crippen LogP contribution in [-0.4, -0.2) is 46.6 Å². The lowest BCUT2D eigenvalue weighted by Crippen LogP contribution is -2.33. The van der Waals surface area contributed by atoms with E-state index < -0.39 is 0 Å². The molecular formula is C19H28N6O. The Labute approximate surface area is 154 Å². The molecule has 1 fully saturated rings. The van der Waals surface area contributed by atoms with Crippen LogP contribution in [0.5, 0.6) is 0 Å². The van der Waals surface area contributed by atoms with Gasteiger partial charge in [0.1, 0.15) is 5.82 Å². The minimum Gasteiger partial charge on any atom is -0.355 e. The maximum Gasteiger partial charge on any atom is 0.288 e. The summed E-state index contributed by atoms with van der Waals surface area (Å²) < 4.78 is 2.19. The second-order valence-corrected chi connectivity index (χ2v) is 6.82. The average molecular weight is 356 g/mol. The minimum absolute atomic E-state index is 0.239. The smallest absolute Gasteiger partial charge is 0.288 e. The van der Waals surface area contributed by atoms with Gasteiger partial charge in [0.15, 0.2) is 0 Å². The summed E-state index contributed by atoms with van der Waals surface area (Å²) in [5, 5.41) is 6.24. The first kappa shape index (κ1) is 18.4. The zero-order chi connectivity index (χ0) is 18.7. The third-order valence-electron chi connectivity index (χ3n) is 5.05. The standard InChI is InChI=1S/C19H28N6O/c1-5-24-8-6-15(11-24)10-21-16-7-9-25(12-16)18-13(2)14(3)22-17(23-18)19(26)20-4/h6,8,11,16,21H,5,7,9-10,12H2,1-4H3,(H,20,26)/t16-/m1/s1. The highest BCUT2D eigenvalue weighted by atomic mass is 16.2. The van der Waals surface area contributed by atoms with Gasteiger partial charge in [-0.05, 0) is 38.8 Å². The molecule has 0 aliphatic carbocycles. The Kier molecular flexibility index (Phi) is 5.56. The van der Waals surface area contributed by atoms with Crippen molar-refractivity contribution in [2.24, 2.45) is 0 Å². The van der Waals surface area contributed by atoms with Crippen LogP contribution in [-0.2, 0) is 13.1 Å². The van der Waals surface area contributed by atoms with E-state index in [1.807, 2.05) is 13.8 Å². The van der Waals surface area contributed by atoms with Crippen molar-refractivity contribution in [3.05, 3.63) is 41.1 Å². The van der Waals surface area contributed by atoms with Gasteiger partial charge in [0.2, 0.25) is 5.82 Å². The predicted molar refractivity (Wildman–Crippen MR) is 102 cm³/mol. The number of nitrogens with one attached hydrogen (secondary N) is 2. The van der Waals surface area contributed by atoms with Gasteiger partial charge in [0, 0.05) is 62.9 Å². The van der Waals surface area contributed by atoms with Gasteiger partial charge in [-0.2, -0.15) is 0 Å². The van der Waals surface area contributed by atoms with Crippen LogP contribution in [0.4, 0.5) is 5.82 Å². The molecule has 2 N–H and O–H groups in total. The third-order valence-corrected chi connectivity index (χ3v) is 5.05. The number of rotatable bonds is 6. The number of anilines is 1. The molecule has 1 atom stereocenters. The third kappa shape index (κ3) is 3.88. The van der Waals surface area contributed by atoms with Crippen molar-refractivity contribution in [3.8, 4) is 0 Å². The average Bonchev–Trinajstić information content (AvgIpc) is 3.30. The number of nitrogens with zero attached hydrogens (tertiary/aromatic N) is 4. The van der Waals surface area contributed by atoms with Crippen LogP contribution in [0.25, 0.3) is 0 Å². The van der Waals surface area contributed by atoms with Crippen LogP contribution < -0.4 is 15.5 Å². The summed E-state index contributed by atoms with van der Waals surface area (Å²) in [5.41, 5.74) is 3.20. The van der Waals surface area contributed by atoms with Gasteiger partial charge >= 0.3 is 0 Å². The van der Waals surface area contributed by atoms with E-state index in [1.165, 1.54) is 5.56 Å². The highest BCUT2D eigenvalue weighted by Crippen LogP contribution is 2.24. The van der Waals surface area contributed by atoms with Crippen molar-refractivity contribution >= 4 is 11.7 Å². The maximum atomic E-state index is 11.9. The van der Waals surface area contributed by atoms with Crippen LogP contribution in [0, 0.1) is 13.8 Å². The Bertz CT molecular complexity index is 784. The lowest BCUT2D eigenvalue weighted by atomic mass is 10.2. The SMILES string of the molecule is CCn1ccc(CN[C@@H]2CCN(c3nc(C(=O)NC)nc(C)c3C)C2)c1. The van der Waals surface area contributed by atoms with Gasteiger partial charge in [-0.3, -0.25) is 4.79 Å². The Morgan fingerprint density at radius 1 is 1.35 bits per heavy atom. The molecule has 0 unspecified atom stereocenters. The Balaban J connectivity index is 1.66. The molecule has 2 aromatic heterocycles. The number of carbonyl (C=O) groups excluding carboxylic acids is 1. The monoisotopic (exact) mass is 356 g/mol. The van der Waals surface area contributed by atoms with Crippen LogP contribution in [0.2, 0.25) is 0 Å². The van der Waals surface area contributed by atoms with E-state index in [2.05, 4.69) is 55.5 Å². The summed E-state index contributed by atoms with van der Waals surface area (Å²) in [6.45, 7) is 9.78. The van der Waals surface area contributed by atoms with E-state index in [-0.39, 0.29) is 11.7 Å². The number of aryl methyl sites for hydroxylation is 2. The number of hydrogen-bond acceptors (Lipinski definition) is 5. The number of aromatic nitrogens is 3. The van der Waals surface area contributed by atoms with Crippen molar-refractivity contribution in [1.29, 1.82) is 0 Å². The first-order valence-corrected chi connectivity index (χ1v) is 9.22. The molecule has 7 nitrogen and oxygen atoms in total. The van der Waals surface area contributed by atoms with Crippen molar-refractivity contribution in [2.45, 2.75) is 46.3 Å². The summed E-state index contributed by atoms with van der Waals surface area (Å²) in [5.74, 6) is 0.865. The molecule has 2 aromatic rings. The molecule has 0 saturated carbocycles. The number of carbonyl (C=O) groups is 1. The molecule has 0 bridgehead atoms. The fraction of sp³-hybridized carbons (Fsp3) is 0.526. The summed E-state index contributed by atoms with van der Waals surface area (Å²) in [4.78, 5) is 23.0. The fourth-order valence-corrected chi connectivity index (χ4v) is 3.31. The van der Waals surface area contributed by atoms with E-state index in [9.17, 15) is 4.79 Å². The molecule has 3 heterocycles. The molecule has 0 spiro atoms. The molecule has 7 heteroatoms. The Morgan fingerprint density at radius 3 is 2.85 bits per heavy atom. The van der Waals surface area contributed by atoms with Gasteiger partial charge in [0.25, 0.3) is 5.91 Å². The molecule has 1 aliphatic heterocycles. The number of hydrogen-bond donors (Lipinski definition) is 2. The second kappa shape index (κ2) is 7.86. The maximum absolute atomic E-state index is 11.9. The lowest BCUT2D eigenvalue weighted by Gasteiger charge is -2.21. The first-order chi connectivity index (χ1) is 12.5. The molecule has 1 amide bonds. The molecular weight excluding hydrogens is 328 g/mol. The van der Waals surface area contributed by atoms with Crippen molar-refractivity contribution in [2.75, 3.05) is 25.0 Å². The fourth-order valence-electron chi connectivity index (χ4n) is 3.31. The highest BCUT2D eigenvalue weighted by molar-refractivity contribution is 5.90. The van der Waals surface area contributed by atoms with Crippen LogP contribution >= 0.6 is 0 Å². The van der Waals surface area contributed by atoms with Crippen molar-refractivity contribution < 1.29 is 4.79 Å². The van der Waals surface area contributed by atoms with Crippen molar-refractivity contribution in [1.82, 2.24) is 25.2 Å². The van der Waals surface area contributed by atoms with E-state index >= 15 is 0 Å². The molecule has 26 heavy (non-hydrogen) atoms. The molecule has 1 aliphatic rings. The van der Waals surface area contributed by atoms with E-state index in [0.717, 1.165) is 49.7 Å². The largest absolute Gasteiger partial charge is 0.355 e. The molecule has 140 valence electrons. The molecule has 1 saturated heterocycles. The van der Waals surface area contributed by atoms with E-state index in [4.69, 9.17) is 0 Å². The van der Waals surface area contributed by atoms with E-state index in [1.54, 1.807) is 7.05 Å². The van der Waals surface area contributed by atoms with Crippen LogP contribution in [0.1, 0.15) is 40.8 Å². The highest BCUT2D eigenvalue weighted by Gasteiger charge is 2.26. The summed E-state index contributed by atoms with van der Waals surface area (Å²) >= 11 is 0. The van der Waals surface area contributed by atoms with E-state index in [0.29, 0.717) is 6.04 Å². The predicted octanol–water partition coefficient (Wildman–Crippen LogP) is 1.64. The quantitative estimate of drug-likeness (QED) is 0.823. The van der Waals surface area contributed by atoms with Crippen molar-refractivity contribution in [3.63, 3.8) is 0 Å². The summed E-state index contributed by atoms with van der Waals surface area (Å²) in [6, 6.07) is 2.58. The minimum atomic E-state index is -0.247. The summed E-state index contributed by atoms with van der Waals surface area (Å²) in [7, 11) is 1.60. The normalized spacial score (nSPS) is 16.9. The van der Waals surface area contributed by atoms with Gasteiger partial charge < -0.3 is 20.1 Å². The molecule has 0 radical (unpaired) electrons. The topological polar surface area (TPSA) is 75.1 Å². The van der Waals surface area contributed by atoms with Gasteiger partial charge in [-0.1, -0.05) is 0 Å². The second-order valence-electron chi connectivity index (χ2n) is 6.82. The van der Waals surface area contributed by atoms with Crippen LogP contribution in [0.3, 0.4) is 0 Å². The van der Waals surface area contributed by atoms with Crippen LogP contribution in [0.15, 0.2) is 18.5 Å². The zero-order valence-corrected chi connectivity index (χ0v) is 16.0. The van der Waals surface area contributed by atoms with Gasteiger partial charge in [0.05, 0.1) is 0 Å². The summed E-state index contributed by atoms with van der Waals surface area (Å²) in [6.07, 6.45) is 5.37. The van der Waals surface area contributed by atoms with Gasteiger partial charge in [-0.15, -0.1) is 0 Å². The lowest BCUT2D eigenvalue weighted by molar-refractivity contribution is 0.0952. The molecule has 0 aromatic carbocycles. The van der Waals surface area contributed by atoms with Gasteiger partial charge in [-0.25, -0.2) is 9.97 Å².